The van der Waals surface area contributed by atoms with Crippen LogP contribution in [0.4, 0.5) is 5.69 Å². The van der Waals surface area contributed by atoms with Crippen LogP contribution in [0, 0.1) is 13.8 Å². The molecule has 2 aromatic carbocycles. The fourth-order valence-corrected chi connectivity index (χ4v) is 3.80. The zero-order valence-electron chi connectivity index (χ0n) is 16.1. The van der Waals surface area contributed by atoms with Crippen LogP contribution in [0.3, 0.4) is 0 Å². The van der Waals surface area contributed by atoms with Gasteiger partial charge in [0, 0.05) is 18.1 Å². The minimum Gasteiger partial charge on any atom is -0.496 e. The van der Waals surface area contributed by atoms with E-state index in [2.05, 4.69) is 10.3 Å². The Bertz CT molecular complexity index is 1220. The molecule has 3 aromatic rings. The number of carbonyl (C=O) groups excluding carboxylic acids is 1. The third kappa shape index (κ3) is 2.55. The summed E-state index contributed by atoms with van der Waals surface area (Å²) in [6, 6.07) is 3.16. The summed E-state index contributed by atoms with van der Waals surface area (Å²) in [5, 5.41) is 12.5. The molecule has 5 rings (SSSR count). The fraction of sp³-hybridized carbons (Fsp3) is 0.286. The first kappa shape index (κ1) is 17.5. The molecule has 8 heteroatoms. The smallest absolute Gasteiger partial charge is 0.339 e. The van der Waals surface area contributed by atoms with E-state index in [-0.39, 0.29) is 22.7 Å². The number of benzene rings is 2. The number of carbonyl (C=O) groups is 2. The van der Waals surface area contributed by atoms with Crippen molar-refractivity contribution in [1.82, 2.24) is 4.98 Å². The van der Waals surface area contributed by atoms with Crippen LogP contribution in [0.15, 0.2) is 16.5 Å². The largest absolute Gasteiger partial charge is 0.496 e. The number of nitrogens with zero attached hydrogens (tertiary/aromatic N) is 1. The SMILES string of the molecule is COc1cc(C(=O)O)c2c(c1C)NC(=O)c1cc(C3CC3)c3oc(C)nc3c1O2. The van der Waals surface area contributed by atoms with E-state index in [1.807, 2.05) is 0 Å². The molecule has 0 saturated heterocycles. The van der Waals surface area contributed by atoms with E-state index in [1.165, 1.54) is 13.2 Å². The average molecular weight is 394 g/mol. The molecule has 0 radical (unpaired) electrons. The number of nitrogens with one attached hydrogen (secondary N) is 1. The second kappa shape index (κ2) is 5.97. The molecule has 2 aliphatic rings. The van der Waals surface area contributed by atoms with Gasteiger partial charge in [-0.25, -0.2) is 9.78 Å². The topological polar surface area (TPSA) is 111 Å². The lowest BCUT2D eigenvalue weighted by atomic mass is 10.0. The molecule has 0 unspecified atom stereocenters. The predicted molar refractivity (Wildman–Crippen MR) is 103 cm³/mol. The van der Waals surface area contributed by atoms with E-state index >= 15 is 0 Å². The molecule has 29 heavy (non-hydrogen) atoms. The summed E-state index contributed by atoms with van der Waals surface area (Å²) in [5.41, 5.74) is 2.97. The Morgan fingerprint density at radius 2 is 2.03 bits per heavy atom. The number of methoxy groups -OCH3 is 1. The highest BCUT2D eigenvalue weighted by Gasteiger charge is 2.35. The van der Waals surface area contributed by atoms with Crippen molar-refractivity contribution in [3.63, 3.8) is 0 Å². The second-order valence-electron chi connectivity index (χ2n) is 7.34. The lowest BCUT2D eigenvalue weighted by molar-refractivity contribution is 0.0693. The number of anilines is 1. The van der Waals surface area contributed by atoms with Crippen LogP contribution >= 0.6 is 0 Å². The highest BCUT2D eigenvalue weighted by molar-refractivity contribution is 6.13. The summed E-state index contributed by atoms with van der Waals surface area (Å²) in [6.07, 6.45) is 2.05. The number of aromatic nitrogens is 1. The highest BCUT2D eigenvalue weighted by atomic mass is 16.5. The maximum absolute atomic E-state index is 13.1. The standard InChI is InChI=1S/C21H18N2O6/c1-8-14(27-3)7-13(21(25)26)19-15(8)23-20(24)12-6-11(10-4-5-10)17-16(18(12)29-19)22-9(2)28-17/h6-7,10H,4-5H2,1-3H3,(H,23,24)(H,25,26). The fourth-order valence-electron chi connectivity index (χ4n) is 3.80. The maximum Gasteiger partial charge on any atom is 0.339 e. The summed E-state index contributed by atoms with van der Waals surface area (Å²) in [6.45, 7) is 3.46. The molecular formula is C21H18N2O6. The number of rotatable bonds is 3. The number of hydrogen-bond donors (Lipinski definition) is 2. The Kier molecular flexibility index (Phi) is 3.61. The van der Waals surface area contributed by atoms with Gasteiger partial charge in [0.1, 0.15) is 11.3 Å². The molecule has 0 bridgehead atoms. The van der Waals surface area contributed by atoms with Gasteiger partial charge in [0.25, 0.3) is 5.91 Å². The molecule has 1 amide bonds. The third-order valence-electron chi connectivity index (χ3n) is 5.40. The van der Waals surface area contributed by atoms with Gasteiger partial charge in [-0.1, -0.05) is 0 Å². The molecule has 2 heterocycles. The quantitative estimate of drug-likeness (QED) is 0.678. The summed E-state index contributed by atoms with van der Waals surface area (Å²) in [7, 11) is 1.44. The summed E-state index contributed by atoms with van der Waals surface area (Å²) < 4.78 is 17.2. The first-order chi connectivity index (χ1) is 13.9. The number of hydrogen-bond acceptors (Lipinski definition) is 6. The number of amides is 1. The van der Waals surface area contributed by atoms with Crippen molar-refractivity contribution in [3.8, 4) is 17.2 Å². The zero-order valence-corrected chi connectivity index (χ0v) is 16.1. The van der Waals surface area contributed by atoms with Crippen molar-refractivity contribution >= 4 is 28.7 Å². The van der Waals surface area contributed by atoms with E-state index in [1.54, 1.807) is 19.9 Å². The lowest BCUT2D eigenvalue weighted by Gasteiger charge is -2.16. The Morgan fingerprint density at radius 1 is 1.28 bits per heavy atom. The van der Waals surface area contributed by atoms with Gasteiger partial charge in [0.05, 0.1) is 18.4 Å². The molecule has 1 saturated carbocycles. The average Bonchev–Trinajstić information content (AvgIpc) is 3.46. The molecule has 0 atom stereocenters. The van der Waals surface area contributed by atoms with E-state index in [0.29, 0.717) is 39.8 Å². The minimum absolute atomic E-state index is 0.0454. The van der Waals surface area contributed by atoms with Crippen LogP contribution in [0.2, 0.25) is 0 Å². The number of aryl methyl sites for hydroxylation is 1. The van der Waals surface area contributed by atoms with Crippen LogP contribution in [-0.2, 0) is 0 Å². The van der Waals surface area contributed by atoms with Gasteiger partial charge in [0.15, 0.2) is 28.5 Å². The number of ether oxygens (including phenoxy) is 2. The zero-order chi connectivity index (χ0) is 20.4. The van der Waals surface area contributed by atoms with Crippen LogP contribution < -0.4 is 14.8 Å². The van der Waals surface area contributed by atoms with Crippen molar-refractivity contribution in [2.24, 2.45) is 0 Å². The van der Waals surface area contributed by atoms with Gasteiger partial charge in [-0.15, -0.1) is 0 Å². The number of aromatic carboxylic acids is 1. The molecular weight excluding hydrogens is 376 g/mol. The van der Waals surface area contributed by atoms with Crippen molar-refractivity contribution in [3.05, 3.63) is 40.3 Å². The second-order valence-corrected chi connectivity index (χ2v) is 7.34. The summed E-state index contributed by atoms with van der Waals surface area (Å²) in [5.74, 6) is -0.223. The van der Waals surface area contributed by atoms with E-state index in [9.17, 15) is 14.7 Å². The van der Waals surface area contributed by atoms with Gasteiger partial charge in [-0.3, -0.25) is 4.79 Å². The van der Waals surface area contributed by atoms with E-state index in [4.69, 9.17) is 13.9 Å². The first-order valence-corrected chi connectivity index (χ1v) is 9.27. The third-order valence-corrected chi connectivity index (χ3v) is 5.40. The molecule has 0 spiro atoms. The van der Waals surface area contributed by atoms with Gasteiger partial charge in [-0.2, -0.15) is 0 Å². The molecule has 2 N–H and O–H groups in total. The highest BCUT2D eigenvalue weighted by Crippen LogP contribution is 2.50. The van der Waals surface area contributed by atoms with Crippen LogP contribution in [-0.4, -0.2) is 29.1 Å². The van der Waals surface area contributed by atoms with Gasteiger partial charge in [-0.05, 0) is 37.8 Å². The molecule has 1 aliphatic heterocycles. The van der Waals surface area contributed by atoms with Crippen LogP contribution in [0.5, 0.6) is 17.2 Å². The maximum atomic E-state index is 13.1. The number of carboxylic acid groups (broad SMARTS) is 1. The molecule has 8 nitrogen and oxygen atoms in total. The Balaban J connectivity index is 1.82. The van der Waals surface area contributed by atoms with E-state index in [0.717, 1.165) is 18.4 Å². The van der Waals surface area contributed by atoms with Gasteiger partial charge < -0.3 is 24.3 Å². The van der Waals surface area contributed by atoms with Crippen LogP contribution in [0.1, 0.15) is 56.5 Å². The molecule has 1 fully saturated rings. The van der Waals surface area contributed by atoms with Crippen LogP contribution in [0.25, 0.3) is 11.1 Å². The lowest BCUT2D eigenvalue weighted by Crippen LogP contribution is -2.13. The molecule has 1 aliphatic carbocycles. The van der Waals surface area contributed by atoms with Crippen molar-refractivity contribution in [2.45, 2.75) is 32.6 Å². The van der Waals surface area contributed by atoms with Crippen molar-refractivity contribution in [1.29, 1.82) is 0 Å². The number of fused-ring (bicyclic) bond motifs is 4. The Hall–Kier alpha value is -3.55. The molecule has 1 aromatic heterocycles. The summed E-state index contributed by atoms with van der Waals surface area (Å²) >= 11 is 0. The minimum atomic E-state index is -1.19. The van der Waals surface area contributed by atoms with Crippen molar-refractivity contribution < 1.29 is 28.6 Å². The first-order valence-electron chi connectivity index (χ1n) is 9.27. The number of oxazole rings is 1. The summed E-state index contributed by atoms with van der Waals surface area (Å²) in [4.78, 5) is 29.4. The van der Waals surface area contributed by atoms with Gasteiger partial charge in [0.2, 0.25) is 0 Å². The Labute approximate surface area is 165 Å². The van der Waals surface area contributed by atoms with Gasteiger partial charge >= 0.3 is 5.97 Å². The predicted octanol–water partition coefficient (Wildman–Crippen LogP) is 4.39. The number of carboxylic acids is 1. The van der Waals surface area contributed by atoms with Crippen molar-refractivity contribution in [2.75, 3.05) is 12.4 Å². The monoisotopic (exact) mass is 394 g/mol. The van der Waals surface area contributed by atoms with E-state index < -0.39 is 11.9 Å². The normalized spacial score (nSPS) is 15.2. The Morgan fingerprint density at radius 3 is 2.69 bits per heavy atom. The molecule has 148 valence electrons.